The first-order valence-corrected chi connectivity index (χ1v) is 5.99. The fraction of sp³-hybridized carbons (Fsp3) is 0.583. The van der Waals surface area contributed by atoms with Gasteiger partial charge in [-0.05, 0) is 26.7 Å². The molecule has 2 rings (SSSR count). The van der Waals surface area contributed by atoms with Crippen LogP contribution in [0.2, 0.25) is 0 Å². The number of hydrogen-bond donors (Lipinski definition) is 2. The molecule has 0 spiro atoms. The molecule has 5 nitrogen and oxygen atoms in total. The molecular weight excluding hydrogens is 216 g/mol. The summed E-state index contributed by atoms with van der Waals surface area (Å²) in [5.74, 6) is 2.56. The second kappa shape index (κ2) is 5.12. The number of hydrogen-bond acceptors (Lipinski definition) is 5. The van der Waals surface area contributed by atoms with E-state index in [1.54, 1.807) is 6.92 Å². The molecule has 1 aromatic rings. The number of rotatable bonds is 6. The van der Waals surface area contributed by atoms with E-state index in [0.717, 1.165) is 17.5 Å². The summed E-state index contributed by atoms with van der Waals surface area (Å²) in [4.78, 5) is 19.4. The van der Waals surface area contributed by atoms with Crippen LogP contribution >= 0.6 is 0 Å². The Balaban J connectivity index is 1.95. The van der Waals surface area contributed by atoms with Gasteiger partial charge in [-0.3, -0.25) is 4.79 Å². The Bertz CT molecular complexity index is 415. The fourth-order valence-electron chi connectivity index (χ4n) is 1.54. The van der Waals surface area contributed by atoms with Gasteiger partial charge in [0.05, 0.1) is 0 Å². The SMILES string of the molecule is CC(=O)CCNc1cc(NC2CC2)nc(C)n1. The average Bonchev–Trinajstić information content (AvgIpc) is 3.00. The number of Topliss-reactive ketones (excluding diaryl/α,β-unsaturated/α-hetero) is 1. The molecule has 17 heavy (non-hydrogen) atoms. The van der Waals surface area contributed by atoms with Gasteiger partial charge in [-0.2, -0.15) is 0 Å². The Morgan fingerprint density at radius 3 is 2.76 bits per heavy atom. The molecule has 92 valence electrons. The minimum Gasteiger partial charge on any atom is -0.369 e. The molecule has 0 aliphatic heterocycles. The van der Waals surface area contributed by atoms with Crippen LogP contribution in [-0.2, 0) is 4.79 Å². The minimum absolute atomic E-state index is 0.180. The zero-order valence-electron chi connectivity index (χ0n) is 10.3. The maximum Gasteiger partial charge on any atom is 0.132 e. The van der Waals surface area contributed by atoms with Gasteiger partial charge in [0.2, 0.25) is 0 Å². The lowest BCUT2D eigenvalue weighted by atomic mass is 10.3. The highest BCUT2D eigenvalue weighted by atomic mass is 16.1. The highest BCUT2D eigenvalue weighted by molar-refractivity contribution is 5.75. The zero-order valence-corrected chi connectivity index (χ0v) is 10.3. The number of carbonyl (C=O) groups excluding carboxylic acids is 1. The van der Waals surface area contributed by atoms with Crippen molar-refractivity contribution < 1.29 is 4.79 Å². The first-order chi connectivity index (χ1) is 8.13. The Kier molecular flexibility index (Phi) is 3.56. The van der Waals surface area contributed by atoms with Crippen LogP contribution in [0.15, 0.2) is 6.07 Å². The largest absolute Gasteiger partial charge is 0.369 e. The third-order valence-corrected chi connectivity index (χ3v) is 2.55. The maximum absolute atomic E-state index is 10.8. The monoisotopic (exact) mass is 234 g/mol. The summed E-state index contributed by atoms with van der Waals surface area (Å²) in [5, 5.41) is 6.48. The third-order valence-electron chi connectivity index (χ3n) is 2.55. The van der Waals surface area contributed by atoms with E-state index in [4.69, 9.17) is 0 Å². The van der Waals surface area contributed by atoms with E-state index in [9.17, 15) is 4.79 Å². The molecule has 1 aromatic heterocycles. The van der Waals surface area contributed by atoms with Gasteiger partial charge in [-0.15, -0.1) is 0 Å². The van der Waals surface area contributed by atoms with Crippen LogP contribution in [0.25, 0.3) is 0 Å². The van der Waals surface area contributed by atoms with E-state index in [1.165, 1.54) is 12.8 Å². The molecule has 0 radical (unpaired) electrons. The number of aromatic nitrogens is 2. The van der Waals surface area contributed by atoms with Crippen LogP contribution in [0.4, 0.5) is 11.6 Å². The molecule has 0 aromatic carbocycles. The minimum atomic E-state index is 0.180. The highest BCUT2D eigenvalue weighted by Gasteiger charge is 2.21. The molecule has 1 aliphatic carbocycles. The molecule has 1 aliphatic rings. The van der Waals surface area contributed by atoms with E-state index in [2.05, 4.69) is 20.6 Å². The topological polar surface area (TPSA) is 66.9 Å². The molecule has 0 bridgehead atoms. The van der Waals surface area contributed by atoms with Crippen LogP contribution < -0.4 is 10.6 Å². The van der Waals surface area contributed by atoms with Crippen molar-refractivity contribution in [1.29, 1.82) is 0 Å². The van der Waals surface area contributed by atoms with E-state index in [0.29, 0.717) is 19.0 Å². The van der Waals surface area contributed by atoms with Gasteiger partial charge in [-0.25, -0.2) is 9.97 Å². The van der Waals surface area contributed by atoms with Gasteiger partial charge in [0.25, 0.3) is 0 Å². The maximum atomic E-state index is 10.8. The number of anilines is 2. The fourth-order valence-corrected chi connectivity index (χ4v) is 1.54. The van der Waals surface area contributed by atoms with Gasteiger partial charge in [-0.1, -0.05) is 0 Å². The Hall–Kier alpha value is -1.65. The van der Waals surface area contributed by atoms with Gasteiger partial charge < -0.3 is 10.6 Å². The second-order valence-electron chi connectivity index (χ2n) is 4.48. The first kappa shape index (κ1) is 11.8. The molecule has 0 atom stereocenters. The first-order valence-electron chi connectivity index (χ1n) is 5.99. The van der Waals surface area contributed by atoms with E-state index < -0.39 is 0 Å². The Morgan fingerprint density at radius 1 is 1.41 bits per heavy atom. The third kappa shape index (κ3) is 4.01. The lowest BCUT2D eigenvalue weighted by Crippen LogP contribution is -2.10. The number of aryl methyl sites for hydroxylation is 1. The number of nitrogens with zero attached hydrogens (tertiary/aromatic N) is 2. The van der Waals surface area contributed by atoms with Gasteiger partial charge >= 0.3 is 0 Å². The van der Waals surface area contributed by atoms with Gasteiger partial charge in [0.15, 0.2) is 0 Å². The van der Waals surface area contributed by atoms with E-state index >= 15 is 0 Å². The van der Waals surface area contributed by atoms with Crippen LogP contribution in [-0.4, -0.2) is 28.3 Å². The van der Waals surface area contributed by atoms with Crippen molar-refractivity contribution in [2.75, 3.05) is 17.2 Å². The number of ketones is 1. The van der Waals surface area contributed by atoms with Crippen LogP contribution in [0.5, 0.6) is 0 Å². The predicted octanol–water partition coefficient (Wildman–Crippen LogP) is 1.75. The Morgan fingerprint density at radius 2 is 2.12 bits per heavy atom. The summed E-state index contributed by atoms with van der Waals surface area (Å²) in [6, 6.07) is 2.47. The van der Waals surface area contributed by atoms with Crippen LogP contribution in [0.3, 0.4) is 0 Å². The summed E-state index contributed by atoms with van der Waals surface area (Å²) in [6.07, 6.45) is 2.96. The number of carbonyl (C=O) groups is 1. The second-order valence-corrected chi connectivity index (χ2v) is 4.48. The predicted molar refractivity (Wildman–Crippen MR) is 67.2 cm³/mol. The van der Waals surface area contributed by atoms with Crippen molar-refractivity contribution in [2.24, 2.45) is 0 Å². The molecule has 0 amide bonds. The molecule has 0 unspecified atom stereocenters. The molecule has 1 saturated carbocycles. The zero-order chi connectivity index (χ0) is 12.3. The summed E-state index contributed by atoms with van der Waals surface area (Å²) in [6.45, 7) is 4.08. The molecule has 1 fully saturated rings. The summed E-state index contributed by atoms with van der Waals surface area (Å²) < 4.78 is 0. The van der Waals surface area contributed by atoms with Crippen molar-refractivity contribution in [3.8, 4) is 0 Å². The van der Waals surface area contributed by atoms with E-state index in [1.807, 2.05) is 13.0 Å². The van der Waals surface area contributed by atoms with Crippen molar-refractivity contribution >= 4 is 17.4 Å². The highest BCUT2D eigenvalue weighted by Crippen LogP contribution is 2.24. The summed E-state index contributed by atoms with van der Waals surface area (Å²) in [7, 11) is 0. The number of nitrogens with one attached hydrogen (secondary N) is 2. The van der Waals surface area contributed by atoms with Crippen LogP contribution in [0, 0.1) is 6.92 Å². The lowest BCUT2D eigenvalue weighted by Gasteiger charge is -2.08. The van der Waals surface area contributed by atoms with Crippen molar-refractivity contribution in [1.82, 2.24) is 9.97 Å². The molecule has 0 saturated heterocycles. The standard InChI is InChI=1S/C12H18N4O/c1-8(17)5-6-13-11-7-12(15-9(2)14-11)16-10-3-4-10/h7,10H,3-6H2,1-2H3,(H2,13,14,15,16). The summed E-state index contributed by atoms with van der Waals surface area (Å²) >= 11 is 0. The smallest absolute Gasteiger partial charge is 0.132 e. The average molecular weight is 234 g/mol. The molecule has 1 heterocycles. The molecule has 5 heteroatoms. The normalized spacial score (nSPS) is 14.5. The lowest BCUT2D eigenvalue weighted by molar-refractivity contribution is -0.116. The summed E-state index contributed by atoms with van der Waals surface area (Å²) in [5.41, 5.74) is 0. The van der Waals surface area contributed by atoms with Crippen molar-refractivity contribution in [3.05, 3.63) is 11.9 Å². The quantitative estimate of drug-likeness (QED) is 0.785. The Labute approximate surface area is 101 Å². The van der Waals surface area contributed by atoms with Crippen molar-refractivity contribution in [3.63, 3.8) is 0 Å². The van der Waals surface area contributed by atoms with Gasteiger partial charge in [0.1, 0.15) is 23.2 Å². The molecule has 2 N–H and O–H groups in total. The molecular formula is C12H18N4O. The van der Waals surface area contributed by atoms with Crippen molar-refractivity contribution in [2.45, 2.75) is 39.2 Å². The van der Waals surface area contributed by atoms with Gasteiger partial charge in [0, 0.05) is 25.1 Å². The van der Waals surface area contributed by atoms with E-state index in [-0.39, 0.29) is 5.78 Å². The van der Waals surface area contributed by atoms with Crippen LogP contribution in [0.1, 0.15) is 32.0 Å².